The Morgan fingerprint density at radius 3 is 2.26 bits per heavy atom. The fourth-order valence-corrected chi connectivity index (χ4v) is 2.96. The zero-order valence-electron chi connectivity index (χ0n) is 11.5. The van der Waals surface area contributed by atoms with E-state index < -0.39 is 16.0 Å². The number of carbonyl (C=O) groups is 2. The van der Waals surface area contributed by atoms with Crippen molar-refractivity contribution in [2.24, 2.45) is 5.92 Å². The third-order valence-electron chi connectivity index (χ3n) is 3.24. The molecule has 19 heavy (non-hydrogen) atoms. The van der Waals surface area contributed by atoms with Gasteiger partial charge in [-0.1, -0.05) is 0 Å². The lowest BCUT2D eigenvalue weighted by Crippen LogP contribution is -2.44. The van der Waals surface area contributed by atoms with E-state index in [0.717, 1.165) is 0 Å². The van der Waals surface area contributed by atoms with Crippen LogP contribution >= 0.6 is 0 Å². The van der Waals surface area contributed by atoms with Crippen molar-refractivity contribution >= 4 is 21.9 Å². The van der Waals surface area contributed by atoms with Gasteiger partial charge in [-0.05, 0) is 12.8 Å². The third-order valence-corrected chi connectivity index (χ3v) is 4.55. The number of likely N-dealkylation sites (N-methyl/N-ethyl adjacent to an activating group) is 1. The van der Waals surface area contributed by atoms with Crippen LogP contribution in [0.5, 0.6) is 0 Å². The molecule has 110 valence electrons. The molecule has 0 aromatic rings. The van der Waals surface area contributed by atoms with Crippen molar-refractivity contribution in [1.82, 2.24) is 9.21 Å². The molecule has 0 spiro atoms. The van der Waals surface area contributed by atoms with Crippen LogP contribution in [0.2, 0.25) is 0 Å². The van der Waals surface area contributed by atoms with Crippen LogP contribution in [0.25, 0.3) is 0 Å². The zero-order chi connectivity index (χ0) is 14.6. The molecular weight excluding hydrogens is 272 g/mol. The predicted molar refractivity (Wildman–Crippen MR) is 68.8 cm³/mol. The van der Waals surface area contributed by atoms with Crippen LogP contribution in [0.15, 0.2) is 0 Å². The van der Waals surface area contributed by atoms with Gasteiger partial charge < -0.3 is 9.64 Å². The number of hydrogen-bond acceptors (Lipinski definition) is 5. The summed E-state index contributed by atoms with van der Waals surface area (Å²) in [6.07, 6.45) is 2.13. The standard InChI is InChI=1S/C11H20N2O5S/c1-12(8-10(14)18-2)11(15)9-4-6-13(7-5-9)19(3,16)17/h9H,4-8H2,1-3H3. The minimum absolute atomic E-state index is 0.0817. The average Bonchev–Trinajstić information content (AvgIpc) is 2.36. The number of methoxy groups -OCH3 is 1. The van der Waals surface area contributed by atoms with Crippen LogP contribution in [-0.4, -0.2) is 69.5 Å². The molecule has 0 aromatic carbocycles. The summed E-state index contributed by atoms with van der Waals surface area (Å²) < 4.78 is 28.6. The fourth-order valence-electron chi connectivity index (χ4n) is 2.08. The molecule has 0 radical (unpaired) electrons. The highest BCUT2D eigenvalue weighted by molar-refractivity contribution is 7.88. The first-order chi connectivity index (χ1) is 8.75. The summed E-state index contributed by atoms with van der Waals surface area (Å²) in [6, 6.07) is 0. The molecule has 1 aliphatic rings. The molecule has 7 nitrogen and oxygen atoms in total. The van der Waals surface area contributed by atoms with Gasteiger partial charge in [0.25, 0.3) is 0 Å². The molecule has 1 saturated heterocycles. The van der Waals surface area contributed by atoms with E-state index in [4.69, 9.17) is 0 Å². The summed E-state index contributed by atoms with van der Waals surface area (Å²) in [5.74, 6) is -0.837. The number of piperidine rings is 1. The summed E-state index contributed by atoms with van der Waals surface area (Å²) in [5.41, 5.74) is 0. The van der Waals surface area contributed by atoms with Gasteiger partial charge in [0.2, 0.25) is 15.9 Å². The molecule has 0 unspecified atom stereocenters. The van der Waals surface area contributed by atoms with Crippen molar-refractivity contribution in [2.75, 3.05) is 40.0 Å². The number of carbonyl (C=O) groups excluding carboxylic acids is 2. The maximum absolute atomic E-state index is 12.1. The molecule has 0 bridgehead atoms. The van der Waals surface area contributed by atoms with Gasteiger partial charge in [-0.15, -0.1) is 0 Å². The van der Waals surface area contributed by atoms with Crippen molar-refractivity contribution in [3.63, 3.8) is 0 Å². The zero-order valence-corrected chi connectivity index (χ0v) is 12.3. The quantitative estimate of drug-likeness (QED) is 0.639. The van der Waals surface area contributed by atoms with E-state index in [2.05, 4.69) is 4.74 Å². The molecular formula is C11H20N2O5S. The van der Waals surface area contributed by atoms with Crippen LogP contribution < -0.4 is 0 Å². The van der Waals surface area contributed by atoms with Gasteiger partial charge in [0, 0.05) is 26.1 Å². The van der Waals surface area contributed by atoms with Crippen molar-refractivity contribution < 1.29 is 22.7 Å². The van der Waals surface area contributed by atoms with E-state index in [0.29, 0.717) is 25.9 Å². The highest BCUT2D eigenvalue weighted by atomic mass is 32.2. The molecule has 1 amide bonds. The molecule has 1 aliphatic heterocycles. The topological polar surface area (TPSA) is 84.0 Å². The second-order valence-corrected chi connectivity index (χ2v) is 6.69. The summed E-state index contributed by atoms with van der Waals surface area (Å²) in [4.78, 5) is 24.5. The van der Waals surface area contributed by atoms with E-state index in [1.54, 1.807) is 7.05 Å². The normalized spacial score (nSPS) is 18.1. The minimum Gasteiger partial charge on any atom is -0.468 e. The summed E-state index contributed by atoms with van der Waals surface area (Å²) >= 11 is 0. The van der Waals surface area contributed by atoms with E-state index in [9.17, 15) is 18.0 Å². The Labute approximate surface area is 113 Å². The SMILES string of the molecule is COC(=O)CN(C)C(=O)C1CCN(S(C)(=O)=O)CC1. The number of nitrogens with zero attached hydrogens (tertiary/aromatic N) is 2. The lowest BCUT2D eigenvalue weighted by molar-refractivity contribution is -0.147. The van der Waals surface area contributed by atoms with Crippen molar-refractivity contribution in [3.8, 4) is 0 Å². The Morgan fingerprint density at radius 2 is 1.84 bits per heavy atom. The predicted octanol–water partition coefficient (Wildman–Crippen LogP) is -0.711. The number of hydrogen-bond donors (Lipinski definition) is 0. The van der Waals surface area contributed by atoms with Crippen LogP contribution in [-0.2, 0) is 24.3 Å². The molecule has 0 atom stereocenters. The lowest BCUT2D eigenvalue weighted by Gasteiger charge is -2.31. The maximum atomic E-state index is 12.1. The molecule has 0 saturated carbocycles. The molecule has 0 aromatic heterocycles. The smallest absolute Gasteiger partial charge is 0.325 e. The molecule has 0 aliphatic carbocycles. The number of rotatable bonds is 4. The number of ether oxygens (including phenoxy) is 1. The number of esters is 1. The fraction of sp³-hybridized carbons (Fsp3) is 0.818. The van der Waals surface area contributed by atoms with Gasteiger partial charge in [-0.25, -0.2) is 12.7 Å². The van der Waals surface area contributed by atoms with Gasteiger partial charge in [-0.3, -0.25) is 9.59 Å². The molecule has 1 fully saturated rings. The molecule has 0 N–H and O–H groups in total. The van der Waals surface area contributed by atoms with E-state index >= 15 is 0 Å². The van der Waals surface area contributed by atoms with E-state index in [-0.39, 0.29) is 18.4 Å². The first kappa shape index (κ1) is 15.9. The van der Waals surface area contributed by atoms with Crippen LogP contribution in [0.4, 0.5) is 0 Å². The second kappa shape index (κ2) is 6.33. The Morgan fingerprint density at radius 1 is 1.32 bits per heavy atom. The summed E-state index contributed by atoms with van der Waals surface area (Å²) in [6.45, 7) is 0.615. The summed E-state index contributed by atoms with van der Waals surface area (Å²) in [5, 5.41) is 0. The highest BCUT2D eigenvalue weighted by Crippen LogP contribution is 2.20. The molecule has 1 heterocycles. The average molecular weight is 292 g/mol. The van der Waals surface area contributed by atoms with Crippen LogP contribution in [0.1, 0.15) is 12.8 Å². The first-order valence-corrected chi connectivity index (χ1v) is 7.87. The number of sulfonamides is 1. The van der Waals surface area contributed by atoms with E-state index in [1.807, 2.05) is 0 Å². The van der Waals surface area contributed by atoms with Crippen LogP contribution in [0, 0.1) is 5.92 Å². The van der Waals surface area contributed by atoms with Crippen LogP contribution in [0.3, 0.4) is 0 Å². The summed E-state index contributed by atoms with van der Waals surface area (Å²) in [7, 11) is -0.371. The van der Waals surface area contributed by atoms with Crippen molar-refractivity contribution in [2.45, 2.75) is 12.8 Å². The highest BCUT2D eigenvalue weighted by Gasteiger charge is 2.30. The third kappa shape index (κ3) is 4.46. The minimum atomic E-state index is -3.18. The van der Waals surface area contributed by atoms with Gasteiger partial charge >= 0.3 is 5.97 Å². The number of amides is 1. The Hall–Kier alpha value is -1.15. The Kier molecular flexibility index (Phi) is 5.30. The van der Waals surface area contributed by atoms with Gasteiger partial charge in [-0.2, -0.15) is 0 Å². The monoisotopic (exact) mass is 292 g/mol. The molecule has 8 heteroatoms. The van der Waals surface area contributed by atoms with Gasteiger partial charge in [0.05, 0.1) is 13.4 Å². The van der Waals surface area contributed by atoms with E-state index in [1.165, 1.54) is 22.6 Å². The Bertz CT molecular complexity index is 440. The van der Waals surface area contributed by atoms with Gasteiger partial charge in [0.1, 0.15) is 6.54 Å². The lowest BCUT2D eigenvalue weighted by atomic mass is 9.97. The van der Waals surface area contributed by atoms with Crippen molar-refractivity contribution in [1.29, 1.82) is 0 Å². The van der Waals surface area contributed by atoms with Crippen molar-refractivity contribution in [3.05, 3.63) is 0 Å². The van der Waals surface area contributed by atoms with Gasteiger partial charge in [0.15, 0.2) is 0 Å². The second-order valence-electron chi connectivity index (χ2n) is 4.71. The maximum Gasteiger partial charge on any atom is 0.325 e. The molecule has 1 rings (SSSR count). The first-order valence-electron chi connectivity index (χ1n) is 6.02. The Balaban J connectivity index is 2.51. The largest absolute Gasteiger partial charge is 0.468 e.